The molecular formula is C51H25B6N5O. The van der Waals surface area contributed by atoms with Crippen molar-refractivity contribution < 1.29 is 4.42 Å². The first-order valence-corrected chi connectivity index (χ1v) is 20.3. The molecule has 12 aromatic rings. The van der Waals surface area contributed by atoms with Crippen molar-refractivity contribution in [2.75, 3.05) is 0 Å². The average molecular weight is 789 g/mol. The molecule has 0 aliphatic heterocycles. The van der Waals surface area contributed by atoms with Crippen LogP contribution in [0.15, 0.2) is 156 Å². The van der Waals surface area contributed by atoms with Gasteiger partial charge in [0.05, 0.1) is 16.6 Å². The summed E-state index contributed by atoms with van der Waals surface area (Å²) in [5, 5.41) is 4.74. The molecule has 12 radical (unpaired) electrons. The third-order valence-electron chi connectivity index (χ3n) is 12.0. The predicted octanol–water partition coefficient (Wildman–Crippen LogP) is 5.73. The summed E-state index contributed by atoms with van der Waals surface area (Å²) < 4.78 is 11.1. The number of fused-ring (bicyclic) bond motifs is 10. The van der Waals surface area contributed by atoms with Crippen LogP contribution in [0.5, 0.6) is 0 Å². The van der Waals surface area contributed by atoms with Gasteiger partial charge in [-0.1, -0.05) is 148 Å². The Morgan fingerprint density at radius 2 is 0.905 bits per heavy atom. The second kappa shape index (κ2) is 14.0. The van der Waals surface area contributed by atoms with E-state index < -0.39 is 0 Å². The molecule has 0 atom stereocenters. The number of rotatable bonds is 5. The Morgan fingerprint density at radius 3 is 1.46 bits per heavy atom. The SMILES string of the molecule is [B]c1cc([B])c2c(c1)c1c([B])c([B])c3c4cc([B])cc([B])c4n(-c4ccc5c(c4)oc4c(-c6nc(-c7ccccc7)nc(-c7ccccc7)n6)cccc45)c3c1n2-c1ccccc1. The monoisotopic (exact) mass is 789 g/mol. The molecule has 0 fully saturated rings. The van der Waals surface area contributed by atoms with E-state index in [0.717, 1.165) is 66.2 Å². The molecule has 12 heteroatoms. The second-order valence-corrected chi connectivity index (χ2v) is 15.8. The number of hydrogen-bond acceptors (Lipinski definition) is 4. The van der Waals surface area contributed by atoms with E-state index in [-0.39, 0.29) is 0 Å². The van der Waals surface area contributed by atoms with Gasteiger partial charge in [-0.05, 0) is 30.3 Å². The number of hydrogen-bond donors (Lipinski definition) is 0. The molecule has 0 spiro atoms. The van der Waals surface area contributed by atoms with Gasteiger partial charge in [0.15, 0.2) is 17.5 Å². The summed E-state index contributed by atoms with van der Waals surface area (Å²) in [6, 6.07) is 49.3. The van der Waals surface area contributed by atoms with Gasteiger partial charge in [0.1, 0.15) is 58.2 Å². The van der Waals surface area contributed by atoms with Crippen LogP contribution in [0, 0.1) is 0 Å². The molecule has 0 aliphatic rings. The average Bonchev–Trinajstić information content (AvgIpc) is 3.97. The molecule has 63 heavy (non-hydrogen) atoms. The minimum atomic E-state index is 0.385. The Kier molecular flexibility index (Phi) is 8.32. The highest BCUT2D eigenvalue weighted by Gasteiger charge is 2.27. The highest BCUT2D eigenvalue weighted by Crippen LogP contribution is 2.41. The Balaban J connectivity index is 1.16. The summed E-state index contributed by atoms with van der Waals surface area (Å²) in [6.45, 7) is 0. The maximum atomic E-state index is 7.14. The zero-order valence-corrected chi connectivity index (χ0v) is 33.5. The van der Waals surface area contributed by atoms with Crippen molar-refractivity contribution in [3.8, 4) is 45.5 Å². The second-order valence-electron chi connectivity index (χ2n) is 15.8. The normalized spacial score (nSPS) is 11.9. The minimum Gasteiger partial charge on any atom is -0.455 e. The summed E-state index contributed by atoms with van der Waals surface area (Å²) in [5.74, 6) is 1.61. The van der Waals surface area contributed by atoms with Crippen LogP contribution in [0.4, 0.5) is 0 Å². The maximum Gasteiger partial charge on any atom is 0.167 e. The number of nitrogens with zero attached hydrogens (tertiary/aromatic N) is 5. The van der Waals surface area contributed by atoms with Gasteiger partial charge < -0.3 is 13.6 Å². The van der Waals surface area contributed by atoms with E-state index in [1.54, 1.807) is 12.1 Å². The molecule has 278 valence electrons. The van der Waals surface area contributed by atoms with Crippen LogP contribution in [0.1, 0.15) is 0 Å². The lowest BCUT2D eigenvalue weighted by Crippen LogP contribution is -2.27. The molecule has 4 heterocycles. The summed E-state index contributed by atoms with van der Waals surface area (Å²) in [4.78, 5) is 14.9. The lowest BCUT2D eigenvalue weighted by Gasteiger charge is -2.15. The summed E-state index contributed by atoms with van der Waals surface area (Å²) >= 11 is 0. The molecule has 0 amide bonds. The quantitative estimate of drug-likeness (QED) is 0.209. The summed E-state index contributed by atoms with van der Waals surface area (Å²) in [7, 11) is 41.0. The minimum absolute atomic E-state index is 0.385. The molecule has 0 bridgehead atoms. The third-order valence-corrected chi connectivity index (χ3v) is 12.0. The van der Waals surface area contributed by atoms with Crippen LogP contribution < -0.4 is 32.8 Å². The lowest BCUT2D eigenvalue weighted by molar-refractivity contribution is 0.669. The Labute approximate surface area is 369 Å². The van der Waals surface area contributed by atoms with Crippen LogP contribution in [0.2, 0.25) is 0 Å². The third kappa shape index (κ3) is 5.63. The van der Waals surface area contributed by atoms with E-state index in [1.807, 2.05) is 127 Å². The van der Waals surface area contributed by atoms with Gasteiger partial charge in [0.2, 0.25) is 0 Å². The van der Waals surface area contributed by atoms with E-state index in [9.17, 15) is 0 Å². The molecule has 0 unspecified atom stereocenters. The molecule has 0 saturated carbocycles. The van der Waals surface area contributed by atoms with E-state index >= 15 is 0 Å². The van der Waals surface area contributed by atoms with Gasteiger partial charge in [-0.3, -0.25) is 0 Å². The van der Waals surface area contributed by atoms with Crippen molar-refractivity contribution in [1.82, 2.24) is 24.1 Å². The van der Waals surface area contributed by atoms with Crippen molar-refractivity contribution >= 4 is 145 Å². The smallest absolute Gasteiger partial charge is 0.167 e. The predicted molar refractivity (Wildman–Crippen MR) is 264 cm³/mol. The number of benzene rings is 8. The van der Waals surface area contributed by atoms with E-state index in [0.29, 0.717) is 77.7 Å². The van der Waals surface area contributed by atoms with Crippen LogP contribution in [0.25, 0.3) is 111 Å². The fourth-order valence-electron chi connectivity index (χ4n) is 9.33. The fraction of sp³-hybridized carbons (Fsp3) is 0. The van der Waals surface area contributed by atoms with Crippen LogP contribution in [-0.2, 0) is 0 Å². The number of para-hydroxylation sites is 2. The first kappa shape index (κ1) is 37.3. The standard InChI is InChI=1S/C51H25B6N5O/c52-28-21-35-40-42(56)43(57)41-36-22-29(53)24-38(55)45(36)62(47(41)46(40)61(44(35)37(54)23-28)30-15-8-3-9-16-30)31-19-20-32-33-17-10-18-34(48(33)63-39(32)25-31)51-59-49(26-11-4-1-5-12-26)58-50(60-51)27-13-6-2-7-14-27/h1-25H. The fourth-order valence-corrected chi connectivity index (χ4v) is 9.33. The molecular weight excluding hydrogens is 763 g/mol. The van der Waals surface area contributed by atoms with Crippen molar-refractivity contribution in [2.24, 2.45) is 0 Å². The van der Waals surface area contributed by atoms with Crippen molar-refractivity contribution in [3.05, 3.63) is 152 Å². The van der Waals surface area contributed by atoms with E-state index in [4.69, 9.17) is 66.4 Å². The van der Waals surface area contributed by atoms with Crippen molar-refractivity contribution in [2.45, 2.75) is 0 Å². The number of aromatic nitrogens is 5. The van der Waals surface area contributed by atoms with Gasteiger partial charge in [-0.15, -0.1) is 0 Å². The first-order valence-electron chi connectivity index (χ1n) is 20.3. The van der Waals surface area contributed by atoms with E-state index in [1.165, 1.54) is 0 Å². The van der Waals surface area contributed by atoms with Gasteiger partial charge >= 0.3 is 0 Å². The van der Waals surface area contributed by atoms with Crippen LogP contribution in [-0.4, -0.2) is 71.2 Å². The molecule has 0 saturated heterocycles. The Morgan fingerprint density at radius 1 is 0.397 bits per heavy atom. The zero-order valence-electron chi connectivity index (χ0n) is 33.5. The number of furan rings is 1. The highest BCUT2D eigenvalue weighted by atomic mass is 16.3. The summed E-state index contributed by atoms with van der Waals surface area (Å²) in [6.07, 6.45) is 0. The molecule has 8 aromatic carbocycles. The molecule has 0 N–H and O–H groups in total. The van der Waals surface area contributed by atoms with Crippen molar-refractivity contribution in [3.63, 3.8) is 0 Å². The Hall–Kier alpha value is -7.44. The van der Waals surface area contributed by atoms with Crippen LogP contribution >= 0.6 is 0 Å². The zero-order chi connectivity index (χ0) is 42.7. The van der Waals surface area contributed by atoms with Gasteiger partial charge in [-0.2, -0.15) is 0 Å². The van der Waals surface area contributed by atoms with Gasteiger partial charge in [0.25, 0.3) is 0 Å². The largest absolute Gasteiger partial charge is 0.455 e. The lowest BCUT2D eigenvalue weighted by atomic mass is 9.74. The van der Waals surface area contributed by atoms with Gasteiger partial charge in [0, 0.05) is 71.9 Å². The molecule has 4 aromatic heterocycles. The maximum absolute atomic E-state index is 7.14. The highest BCUT2D eigenvalue weighted by molar-refractivity contribution is 6.61. The van der Waals surface area contributed by atoms with Crippen LogP contribution in [0.3, 0.4) is 0 Å². The molecule has 6 nitrogen and oxygen atoms in total. The Bertz CT molecular complexity index is 3810. The summed E-state index contributed by atoms with van der Waals surface area (Å²) in [5.41, 5.74) is 11.1. The first-order chi connectivity index (χ1) is 30.7. The topological polar surface area (TPSA) is 61.7 Å². The molecule has 0 aliphatic carbocycles. The van der Waals surface area contributed by atoms with Gasteiger partial charge in [-0.25, -0.2) is 15.0 Å². The molecule has 12 rings (SSSR count). The van der Waals surface area contributed by atoms with E-state index in [2.05, 4.69) is 21.3 Å². The van der Waals surface area contributed by atoms with Crippen molar-refractivity contribution in [1.29, 1.82) is 0 Å².